The van der Waals surface area contributed by atoms with E-state index in [-0.39, 0.29) is 5.91 Å². The lowest BCUT2D eigenvalue weighted by Gasteiger charge is -2.03. The van der Waals surface area contributed by atoms with Gasteiger partial charge in [0.2, 0.25) is 0 Å². The van der Waals surface area contributed by atoms with E-state index >= 15 is 0 Å². The van der Waals surface area contributed by atoms with E-state index in [1.165, 1.54) is 0 Å². The predicted molar refractivity (Wildman–Crippen MR) is 91.5 cm³/mol. The maximum Gasteiger partial charge on any atom is 0.256 e. The van der Waals surface area contributed by atoms with E-state index in [0.717, 1.165) is 33.3 Å². The van der Waals surface area contributed by atoms with E-state index in [1.807, 2.05) is 48.5 Å². The highest BCUT2D eigenvalue weighted by molar-refractivity contribution is 9.10. The first-order valence-corrected chi connectivity index (χ1v) is 7.98. The molecule has 1 heterocycles. The van der Waals surface area contributed by atoms with Gasteiger partial charge in [-0.25, -0.2) is 0 Å². The smallest absolute Gasteiger partial charge is 0.256 e. The molecule has 2 aromatic carbocycles. The van der Waals surface area contributed by atoms with E-state index < -0.39 is 0 Å². The van der Waals surface area contributed by atoms with Gasteiger partial charge >= 0.3 is 0 Å². The van der Waals surface area contributed by atoms with Crippen LogP contribution in [0, 0.1) is 0 Å². The summed E-state index contributed by atoms with van der Waals surface area (Å²) in [7, 11) is 0. The summed E-state index contributed by atoms with van der Waals surface area (Å²) in [4.78, 5) is 12.2. The Bertz CT molecular complexity index is 739. The summed E-state index contributed by atoms with van der Waals surface area (Å²) in [5.74, 6) is 0.507. The lowest BCUT2D eigenvalue weighted by molar-refractivity contribution is -0.110. The molecule has 1 N–H and O–H groups in total. The lowest BCUT2D eigenvalue weighted by atomic mass is 10.0. The van der Waals surface area contributed by atoms with Crippen LogP contribution in [0.5, 0.6) is 0 Å². The van der Waals surface area contributed by atoms with Gasteiger partial charge in [-0.15, -0.1) is 11.6 Å². The molecular formula is C17H13BrClNO. The van der Waals surface area contributed by atoms with Gasteiger partial charge in [0.15, 0.2) is 0 Å². The van der Waals surface area contributed by atoms with Crippen molar-refractivity contribution in [2.24, 2.45) is 0 Å². The van der Waals surface area contributed by atoms with Crippen molar-refractivity contribution in [1.29, 1.82) is 0 Å². The van der Waals surface area contributed by atoms with Crippen molar-refractivity contribution in [3.8, 4) is 0 Å². The Balaban J connectivity index is 2.07. The number of hydrogen-bond acceptors (Lipinski definition) is 1. The number of hydrogen-bond donors (Lipinski definition) is 1. The second kappa shape index (κ2) is 6.04. The minimum atomic E-state index is -0.0659. The minimum Gasteiger partial charge on any atom is -0.321 e. The number of fused-ring (bicyclic) bond motifs is 1. The molecule has 0 fully saturated rings. The summed E-state index contributed by atoms with van der Waals surface area (Å²) in [6.07, 6.45) is 2.71. The molecule has 1 amide bonds. The summed E-state index contributed by atoms with van der Waals surface area (Å²) >= 11 is 9.31. The molecule has 4 heteroatoms. The Labute approximate surface area is 136 Å². The third-order valence-corrected chi connectivity index (χ3v) is 4.37. The third-order valence-electron chi connectivity index (χ3n) is 3.46. The summed E-state index contributed by atoms with van der Waals surface area (Å²) in [6.45, 7) is 0. The second-order valence-electron chi connectivity index (χ2n) is 4.85. The molecule has 2 nitrogen and oxygen atoms in total. The molecule has 0 atom stereocenters. The molecule has 0 aromatic heterocycles. The largest absolute Gasteiger partial charge is 0.321 e. The van der Waals surface area contributed by atoms with Gasteiger partial charge in [-0.3, -0.25) is 4.79 Å². The van der Waals surface area contributed by atoms with Crippen molar-refractivity contribution in [1.82, 2.24) is 0 Å². The van der Waals surface area contributed by atoms with Crippen molar-refractivity contribution < 1.29 is 4.79 Å². The monoisotopic (exact) mass is 361 g/mol. The summed E-state index contributed by atoms with van der Waals surface area (Å²) in [5, 5.41) is 2.90. The van der Waals surface area contributed by atoms with Gasteiger partial charge in [0, 0.05) is 27.2 Å². The van der Waals surface area contributed by atoms with Crippen LogP contribution in [0.4, 0.5) is 5.69 Å². The number of nitrogens with one attached hydrogen (secondary N) is 1. The standard InChI is InChI=1S/C17H13BrClNO/c18-15-4-2-1-3-12(15)10-14-13-9-11(7-8-19)5-6-16(13)20-17(14)21/h1-6,9-10H,7-8H2,(H,20,21). The highest BCUT2D eigenvalue weighted by atomic mass is 79.9. The van der Waals surface area contributed by atoms with Gasteiger partial charge in [-0.2, -0.15) is 0 Å². The Morgan fingerprint density at radius 1 is 1.19 bits per heavy atom. The summed E-state index contributed by atoms with van der Waals surface area (Å²) in [6, 6.07) is 13.8. The van der Waals surface area contributed by atoms with E-state index in [2.05, 4.69) is 21.2 Å². The maximum absolute atomic E-state index is 12.2. The zero-order chi connectivity index (χ0) is 14.8. The van der Waals surface area contributed by atoms with Crippen LogP contribution in [0.15, 0.2) is 46.9 Å². The number of anilines is 1. The molecule has 0 aliphatic carbocycles. The van der Waals surface area contributed by atoms with Gasteiger partial charge in [-0.05, 0) is 41.8 Å². The first kappa shape index (κ1) is 14.4. The lowest BCUT2D eigenvalue weighted by Crippen LogP contribution is -2.03. The molecule has 1 aliphatic heterocycles. The Morgan fingerprint density at radius 3 is 2.76 bits per heavy atom. The first-order chi connectivity index (χ1) is 10.2. The minimum absolute atomic E-state index is 0.0659. The van der Waals surface area contributed by atoms with E-state index in [4.69, 9.17) is 11.6 Å². The average Bonchev–Trinajstić information content (AvgIpc) is 2.78. The average molecular weight is 363 g/mol. The van der Waals surface area contributed by atoms with Crippen LogP contribution in [-0.4, -0.2) is 11.8 Å². The van der Waals surface area contributed by atoms with E-state index in [0.29, 0.717) is 11.5 Å². The molecule has 0 unspecified atom stereocenters. The second-order valence-corrected chi connectivity index (χ2v) is 6.08. The molecule has 2 aromatic rings. The number of carbonyl (C=O) groups is 1. The molecular weight excluding hydrogens is 350 g/mol. The van der Waals surface area contributed by atoms with Crippen LogP contribution >= 0.6 is 27.5 Å². The quantitative estimate of drug-likeness (QED) is 0.621. The Hall–Kier alpha value is -1.58. The van der Waals surface area contributed by atoms with Crippen LogP contribution in [0.25, 0.3) is 11.6 Å². The fourth-order valence-electron chi connectivity index (χ4n) is 2.39. The van der Waals surface area contributed by atoms with Crippen LogP contribution < -0.4 is 5.32 Å². The maximum atomic E-state index is 12.2. The number of benzene rings is 2. The third kappa shape index (κ3) is 2.89. The van der Waals surface area contributed by atoms with E-state index in [1.54, 1.807) is 0 Å². The predicted octanol–water partition coefficient (Wildman–Crippen LogP) is 4.72. The number of aryl methyl sites for hydroxylation is 1. The molecule has 106 valence electrons. The normalized spacial score (nSPS) is 15.1. The van der Waals surface area contributed by atoms with Gasteiger partial charge in [0.1, 0.15) is 0 Å². The Kier molecular flexibility index (Phi) is 4.13. The molecule has 0 spiro atoms. The number of alkyl halides is 1. The zero-order valence-corrected chi connectivity index (χ0v) is 13.5. The molecule has 1 aliphatic rings. The molecule has 0 saturated heterocycles. The summed E-state index contributed by atoms with van der Waals surface area (Å²) < 4.78 is 0.968. The van der Waals surface area contributed by atoms with Gasteiger partial charge in [0.05, 0.1) is 0 Å². The molecule has 3 rings (SSSR count). The summed E-state index contributed by atoms with van der Waals surface area (Å²) in [5.41, 5.74) is 4.61. The van der Waals surface area contributed by atoms with Gasteiger partial charge in [0.25, 0.3) is 5.91 Å². The van der Waals surface area contributed by atoms with Gasteiger partial charge in [-0.1, -0.05) is 40.2 Å². The fourth-order valence-corrected chi connectivity index (χ4v) is 3.01. The van der Waals surface area contributed by atoms with E-state index in [9.17, 15) is 4.79 Å². The van der Waals surface area contributed by atoms with Crippen molar-refractivity contribution in [3.05, 3.63) is 63.6 Å². The van der Waals surface area contributed by atoms with Crippen LogP contribution in [-0.2, 0) is 11.2 Å². The topological polar surface area (TPSA) is 29.1 Å². The SMILES string of the molecule is O=C1Nc2ccc(CCCl)cc2C1=Cc1ccccc1Br. The molecule has 0 bridgehead atoms. The molecule has 21 heavy (non-hydrogen) atoms. The first-order valence-electron chi connectivity index (χ1n) is 6.66. The van der Waals surface area contributed by atoms with Crippen molar-refractivity contribution in [2.45, 2.75) is 6.42 Å². The highest BCUT2D eigenvalue weighted by Crippen LogP contribution is 2.34. The number of halogens is 2. The number of rotatable bonds is 3. The van der Waals surface area contributed by atoms with Crippen molar-refractivity contribution in [3.63, 3.8) is 0 Å². The fraction of sp³-hybridized carbons (Fsp3) is 0.118. The zero-order valence-electron chi connectivity index (χ0n) is 11.2. The number of carbonyl (C=O) groups excluding carboxylic acids is 1. The molecule has 0 radical (unpaired) electrons. The highest BCUT2D eigenvalue weighted by Gasteiger charge is 2.24. The number of amides is 1. The van der Waals surface area contributed by atoms with Gasteiger partial charge < -0.3 is 5.32 Å². The molecule has 0 saturated carbocycles. The van der Waals surface area contributed by atoms with Crippen LogP contribution in [0.2, 0.25) is 0 Å². The van der Waals surface area contributed by atoms with Crippen LogP contribution in [0.1, 0.15) is 16.7 Å². The van der Waals surface area contributed by atoms with Crippen molar-refractivity contribution in [2.75, 3.05) is 11.2 Å². The van der Waals surface area contributed by atoms with Crippen LogP contribution in [0.3, 0.4) is 0 Å². The van der Waals surface area contributed by atoms with Crippen molar-refractivity contribution >= 4 is 50.8 Å². The Morgan fingerprint density at radius 2 is 2.00 bits per heavy atom.